The average molecular weight is 814 g/mol. The van der Waals surface area contributed by atoms with Crippen molar-refractivity contribution in [1.29, 1.82) is 0 Å². The van der Waals surface area contributed by atoms with Gasteiger partial charge in [0, 0.05) is 46.2 Å². The number of benzene rings is 3. The van der Waals surface area contributed by atoms with Crippen molar-refractivity contribution in [2.24, 2.45) is 0 Å². The molecule has 3 aromatic carbocycles. The molecule has 0 saturated heterocycles. The fourth-order valence-corrected chi connectivity index (χ4v) is 6.60. The number of carbonyl (C=O) groups excluding carboxylic acids is 4. The lowest BCUT2D eigenvalue weighted by molar-refractivity contribution is -0.384. The number of halogens is 6. The number of fused-ring (bicyclic) bond motifs is 1. The summed E-state index contributed by atoms with van der Waals surface area (Å²) in [6.07, 6.45) is 0. The van der Waals surface area contributed by atoms with Crippen LogP contribution in [-0.2, 0) is 0 Å². The molecule has 0 atom stereocenters. The van der Waals surface area contributed by atoms with E-state index in [0.717, 1.165) is 6.07 Å². The zero-order chi connectivity index (χ0) is 28.0. The minimum Gasteiger partial charge on any atom is -0.292 e. The summed E-state index contributed by atoms with van der Waals surface area (Å²) in [7, 11) is 0. The van der Waals surface area contributed by atoms with Gasteiger partial charge in [0.1, 0.15) is 6.54 Å². The van der Waals surface area contributed by atoms with Gasteiger partial charge in [0.25, 0.3) is 23.4 Å². The molecule has 194 valence electrons. The Morgan fingerprint density at radius 2 is 1.47 bits per heavy atom. The highest BCUT2D eigenvalue weighted by Gasteiger charge is 2.46. The molecule has 3 aromatic rings. The van der Waals surface area contributed by atoms with Crippen LogP contribution in [0.1, 0.15) is 41.4 Å². The van der Waals surface area contributed by atoms with Crippen LogP contribution < -0.4 is 0 Å². The van der Waals surface area contributed by atoms with Crippen molar-refractivity contribution < 1.29 is 24.1 Å². The number of non-ortho nitro benzene ring substituents is 1. The van der Waals surface area contributed by atoms with Gasteiger partial charge in [0.2, 0.25) is 0 Å². The highest BCUT2D eigenvalue weighted by Crippen LogP contribution is 2.45. The zero-order valence-corrected chi connectivity index (χ0v) is 26.2. The molecule has 0 bridgehead atoms. The van der Waals surface area contributed by atoms with E-state index in [0.29, 0.717) is 19.0 Å². The molecule has 4 rings (SSSR count). The minimum atomic E-state index is -1.01. The first kappa shape index (κ1) is 28.8. The summed E-state index contributed by atoms with van der Waals surface area (Å²) in [5.74, 6) is -3.53. The summed E-state index contributed by atoms with van der Waals surface area (Å²) in [6, 6.07) is 8.77. The predicted octanol–water partition coefficient (Wildman–Crippen LogP) is 7.49. The molecule has 9 nitrogen and oxygen atoms in total. The normalized spacial score (nSPS) is 12.5. The Hall–Kier alpha value is -2.16. The van der Waals surface area contributed by atoms with Crippen molar-refractivity contribution in [3.63, 3.8) is 0 Å². The van der Waals surface area contributed by atoms with Gasteiger partial charge in [-0.25, -0.2) is 5.01 Å². The second-order valence-corrected chi connectivity index (χ2v) is 11.7. The van der Waals surface area contributed by atoms with Crippen LogP contribution in [0.4, 0.5) is 5.69 Å². The van der Waals surface area contributed by atoms with Gasteiger partial charge in [-0.3, -0.25) is 29.3 Å². The SMILES string of the molecule is O=C(CN(C(=O)c1cccc([N+](=O)[O-])c1)N1C(=O)c2c(Br)c(Br)c(Br)c(Br)c2C1=O)c1ccc(Cl)cc1Cl. The molecule has 0 unspecified atom stereocenters. The fourth-order valence-electron chi connectivity index (χ4n) is 3.63. The van der Waals surface area contributed by atoms with Gasteiger partial charge in [-0.2, -0.15) is 5.01 Å². The van der Waals surface area contributed by atoms with Crippen molar-refractivity contribution in [3.8, 4) is 0 Å². The van der Waals surface area contributed by atoms with Crippen LogP contribution in [0.3, 0.4) is 0 Å². The number of carbonyl (C=O) groups is 4. The second-order valence-electron chi connectivity index (χ2n) is 7.65. The molecule has 1 heterocycles. The molecule has 38 heavy (non-hydrogen) atoms. The van der Waals surface area contributed by atoms with Crippen molar-refractivity contribution >= 4 is 116 Å². The van der Waals surface area contributed by atoms with E-state index in [1.807, 2.05) is 0 Å². The van der Waals surface area contributed by atoms with E-state index in [1.165, 1.54) is 36.4 Å². The Labute approximate surface area is 257 Å². The number of amides is 3. The molecule has 3 amide bonds. The Kier molecular flexibility index (Phi) is 8.46. The van der Waals surface area contributed by atoms with Crippen LogP contribution in [0.15, 0.2) is 60.4 Å². The number of ketones is 1. The Bertz CT molecular complexity index is 1550. The first-order valence-corrected chi connectivity index (χ1v) is 14.1. The smallest absolute Gasteiger partial charge is 0.282 e. The van der Waals surface area contributed by atoms with Crippen LogP contribution in [0.5, 0.6) is 0 Å². The Balaban J connectivity index is 1.85. The first-order chi connectivity index (χ1) is 17.8. The third-order valence-corrected chi connectivity index (χ3v) is 10.7. The number of nitrogens with zero attached hydrogens (tertiary/aromatic N) is 3. The maximum Gasteiger partial charge on any atom is 0.282 e. The number of Topliss-reactive ketones (excluding diaryl/α,β-unsaturated/α-hetero) is 1. The van der Waals surface area contributed by atoms with Gasteiger partial charge >= 0.3 is 0 Å². The molecular weight excluding hydrogens is 805 g/mol. The highest BCUT2D eigenvalue weighted by atomic mass is 79.9. The third kappa shape index (κ3) is 5.07. The summed E-state index contributed by atoms with van der Waals surface area (Å²) < 4.78 is 1.31. The predicted molar refractivity (Wildman–Crippen MR) is 153 cm³/mol. The number of imide groups is 1. The standard InChI is InChI=1S/C23H9Br4Cl2N3O6/c24-17-15-16(18(25)20(27)19(17)26)23(36)31(22(15)35)30(8-14(33)12-5-4-10(28)7-13(12)29)21(34)9-2-1-3-11(6-9)32(37)38/h1-7H,8H2. The van der Waals surface area contributed by atoms with E-state index in [9.17, 15) is 29.3 Å². The van der Waals surface area contributed by atoms with Crippen molar-refractivity contribution in [2.75, 3.05) is 6.54 Å². The quantitative estimate of drug-likeness (QED) is 0.0636. The van der Waals surface area contributed by atoms with Crippen LogP contribution in [0.25, 0.3) is 0 Å². The summed E-state index contributed by atoms with van der Waals surface area (Å²) in [5, 5.41) is 12.7. The molecule has 1 aliphatic rings. The van der Waals surface area contributed by atoms with Crippen LogP contribution in [0.2, 0.25) is 10.0 Å². The fraction of sp³-hybridized carbons (Fsp3) is 0.0435. The molecule has 1 aliphatic heterocycles. The number of hydrazine groups is 1. The van der Waals surface area contributed by atoms with Crippen LogP contribution in [0, 0.1) is 10.1 Å². The number of rotatable bonds is 6. The summed E-state index contributed by atoms with van der Waals surface area (Å²) in [4.78, 5) is 64.7. The molecule has 0 aromatic heterocycles. The Morgan fingerprint density at radius 1 is 0.895 bits per heavy atom. The zero-order valence-electron chi connectivity index (χ0n) is 18.3. The summed E-state index contributed by atoms with van der Waals surface area (Å²) >= 11 is 25.3. The lowest BCUT2D eigenvalue weighted by Gasteiger charge is -2.29. The van der Waals surface area contributed by atoms with Gasteiger partial charge in [0.15, 0.2) is 5.78 Å². The minimum absolute atomic E-state index is 0.00837. The first-order valence-electron chi connectivity index (χ1n) is 10.1. The van der Waals surface area contributed by atoms with E-state index >= 15 is 0 Å². The highest BCUT2D eigenvalue weighted by molar-refractivity contribution is 9.15. The van der Waals surface area contributed by atoms with E-state index in [-0.39, 0.29) is 41.2 Å². The van der Waals surface area contributed by atoms with Crippen LogP contribution >= 0.6 is 86.9 Å². The third-order valence-electron chi connectivity index (χ3n) is 5.38. The lowest BCUT2D eigenvalue weighted by Crippen LogP contribution is -2.51. The molecule has 15 heteroatoms. The van der Waals surface area contributed by atoms with E-state index in [2.05, 4.69) is 63.7 Å². The van der Waals surface area contributed by atoms with Crippen molar-refractivity contribution in [1.82, 2.24) is 10.0 Å². The topological polar surface area (TPSA) is 118 Å². The lowest BCUT2D eigenvalue weighted by atomic mass is 10.1. The van der Waals surface area contributed by atoms with Gasteiger partial charge in [-0.15, -0.1) is 0 Å². The van der Waals surface area contributed by atoms with Crippen molar-refractivity contribution in [2.45, 2.75) is 0 Å². The van der Waals surface area contributed by atoms with Gasteiger partial charge < -0.3 is 0 Å². The second kappa shape index (κ2) is 11.1. The molecule has 0 aliphatic carbocycles. The number of hydrogen-bond donors (Lipinski definition) is 0. The van der Waals surface area contributed by atoms with E-state index in [1.54, 1.807) is 0 Å². The summed E-state index contributed by atoms with van der Waals surface area (Å²) in [6.45, 7) is -0.800. The number of hydrogen-bond acceptors (Lipinski definition) is 6. The molecule has 0 fully saturated rings. The molecule has 0 N–H and O–H groups in total. The molecule has 0 saturated carbocycles. The van der Waals surface area contributed by atoms with Gasteiger partial charge in [-0.1, -0.05) is 29.3 Å². The maximum absolute atomic E-state index is 13.7. The van der Waals surface area contributed by atoms with E-state index in [4.69, 9.17) is 23.2 Å². The number of nitro benzene ring substituents is 1. The van der Waals surface area contributed by atoms with Crippen LogP contribution in [-0.4, -0.2) is 45.0 Å². The van der Waals surface area contributed by atoms with E-state index < -0.39 is 40.7 Å². The van der Waals surface area contributed by atoms with Gasteiger partial charge in [0.05, 0.1) is 21.1 Å². The maximum atomic E-state index is 13.7. The molecular formula is C23H9Br4Cl2N3O6. The average Bonchev–Trinajstić information content (AvgIpc) is 3.14. The largest absolute Gasteiger partial charge is 0.292 e. The number of nitro groups is 1. The van der Waals surface area contributed by atoms with Crippen molar-refractivity contribution in [3.05, 3.63) is 103 Å². The summed E-state index contributed by atoms with van der Waals surface area (Å²) in [5.41, 5.74) is -0.774. The van der Waals surface area contributed by atoms with Gasteiger partial charge in [-0.05, 0) is 88.0 Å². The molecule has 0 spiro atoms. The monoisotopic (exact) mass is 809 g/mol. The molecule has 0 radical (unpaired) electrons. The Morgan fingerprint density at radius 3 is 2.00 bits per heavy atom.